The fraction of sp³-hybridized carbons (Fsp3) is 0.286. The van der Waals surface area contributed by atoms with Gasteiger partial charge in [-0.1, -0.05) is 6.07 Å². The molecule has 0 unspecified atom stereocenters. The number of nitrogens with zero attached hydrogens (tertiary/aromatic N) is 1. The van der Waals surface area contributed by atoms with Crippen molar-refractivity contribution in [1.29, 1.82) is 0 Å². The number of hydroxylamine groups is 2. The Morgan fingerprint density at radius 2 is 2.58 bits per heavy atom. The molecule has 4 nitrogen and oxygen atoms in total. The van der Waals surface area contributed by atoms with Crippen LogP contribution in [0.25, 0.3) is 0 Å². The van der Waals surface area contributed by atoms with Gasteiger partial charge in [0.2, 0.25) is 0 Å². The molecule has 66 valence electrons. The van der Waals surface area contributed by atoms with Crippen LogP contribution in [0.3, 0.4) is 0 Å². The van der Waals surface area contributed by atoms with E-state index >= 15 is 0 Å². The lowest BCUT2D eigenvalue weighted by Crippen LogP contribution is -2.34. The van der Waals surface area contributed by atoms with E-state index in [0.29, 0.717) is 11.6 Å². The fourth-order valence-corrected chi connectivity index (χ4v) is 1.33. The highest BCUT2D eigenvalue weighted by molar-refractivity contribution is 7.09. The Morgan fingerprint density at radius 3 is 3.08 bits per heavy atom. The molecule has 2 amide bonds. The summed E-state index contributed by atoms with van der Waals surface area (Å²) in [6, 6.07) is 3.33. The summed E-state index contributed by atoms with van der Waals surface area (Å²) < 4.78 is 0. The standard InChI is InChI=1S/C7H10N2O2S/c1-9(11)7(10)8-5-6-3-2-4-12-6/h2-4,11H,5H2,1H3,(H,8,10). The van der Waals surface area contributed by atoms with Gasteiger partial charge in [-0.25, -0.2) is 9.86 Å². The molecule has 0 fully saturated rings. The van der Waals surface area contributed by atoms with Crippen molar-refractivity contribution in [3.63, 3.8) is 0 Å². The summed E-state index contributed by atoms with van der Waals surface area (Å²) in [7, 11) is 1.28. The third-order valence-corrected chi connectivity index (χ3v) is 2.16. The Morgan fingerprint density at radius 1 is 1.83 bits per heavy atom. The summed E-state index contributed by atoms with van der Waals surface area (Å²) in [5, 5.41) is 13.7. The number of carbonyl (C=O) groups is 1. The van der Waals surface area contributed by atoms with E-state index in [-0.39, 0.29) is 0 Å². The fourth-order valence-electron chi connectivity index (χ4n) is 0.690. The van der Waals surface area contributed by atoms with Crippen molar-refractivity contribution in [2.75, 3.05) is 7.05 Å². The second kappa shape index (κ2) is 4.08. The Hall–Kier alpha value is -1.07. The third kappa shape index (κ3) is 2.52. The zero-order valence-corrected chi connectivity index (χ0v) is 7.47. The van der Waals surface area contributed by atoms with Gasteiger partial charge in [-0.3, -0.25) is 5.21 Å². The van der Waals surface area contributed by atoms with Crippen LogP contribution < -0.4 is 5.32 Å². The molecule has 0 aliphatic rings. The number of hydrogen-bond acceptors (Lipinski definition) is 3. The second-order valence-corrected chi connectivity index (χ2v) is 3.29. The SMILES string of the molecule is CN(O)C(=O)NCc1cccs1. The molecule has 0 atom stereocenters. The van der Waals surface area contributed by atoms with Gasteiger partial charge in [0.1, 0.15) is 0 Å². The highest BCUT2D eigenvalue weighted by atomic mass is 32.1. The van der Waals surface area contributed by atoms with E-state index in [0.717, 1.165) is 4.88 Å². The van der Waals surface area contributed by atoms with Gasteiger partial charge in [-0.15, -0.1) is 11.3 Å². The van der Waals surface area contributed by atoms with E-state index < -0.39 is 6.03 Å². The number of nitrogens with one attached hydrogen (secondary N) is 1. The van der Waals surface area contributed by atoms with Crippen molar-refractivity contribution in [3.05, 3.63) is 22.4 Å². The van der Waals surface area contributed by atoms with Gasteiger partial charge in [-0.05, 0) is 11.4 Å². The molecule has 0 saturated heterocycles. The number of amides is 2. The molecular weight excluding hydrogens is 176 g/mol. The lowest BCUT2D eigenvalue weighted by Gasteiger charge is -2.08. The Balaban J connectivity index is 2.32. The highest BCUT2D eigenvalue weighted by Gasteiger charge is 2.03. The van der Waals surface area contributed by atoms with E-state index in [1.807, 2.05) is 17.5 Å². The summed E-state index contributed by atoms with van der Waals surface area (Å²) >= 11 is 1.56. The maximum absolute atomic E-state index is 10.8. The minimum Gasteiger partial charge on any atom is -0.331 e. The predicted octanol–water partition coefficient (Wildman–Crippen LogP) is 1.28. The number of thiophene rings is 1. The van der Waals surface area contributed by atoms with Gasteiger partial charge >= 0.3 is 6.03 Å². The first-order valence-corrected chi connectivity index (χ1v) is 4.31. The summed E-state index contributed by atoms with van der Waals surface area (Å²) in [5.74, 6) is 0. The van der Waals surface area contributed by atoms with Gasteiger partial charge in [0.25, 0.3) is 0 Å². The minimum atomic E-state index is -0.497. The monoisotopic (exact) mass is 186 g/mol. The molecule has 0 aromatic carbocycles. The molecule has 5 heteroatoms. The van der Waals surface area contributed by atoms with Crippen LogP contribution in [0.2, 0.25) is 0 Å². The summed E-state index contributed by atoms with van der Waals surface area (Å²) in [5.41, 5.74) is 0. The summed E-state index contributed by atoms with van der Waals surface area (Å²) in [6.07, 6.45) is 0. The van der Waals surface area contributed by atoms with E-state index in [2.05, 4.69) is 5.32 Å². The Kier molecular flexibility index (Phi) is 3.07. The smallest absolute Gasteiger partial charge is 0.331 e. The third-order valence-electron chi connectivity index (χ3n) is 1.29. The Bertz CT molecular complexity index is 246. The van der Waals surface area contributed by atoms with Crippen molar-refractivity contribution in [2.24, 2.45) is 0 Å². The van der Waals surface area contributed by atoms with Crippen molar-refractivity contribution in [3.8, 4) is 0 Å². The van der Waals surface area contributed by atoms with Crippen LogP contribution in [-0.4, -0.2) is 23.3 Å². The van der Waals surface area contributed by atoms with Gasteiger partial charge in [-0.2, -0.15) is 0 Å². The van der Waals surface area contributed by atoms with Crippen LogP contribution in [0.1, 0.15) is 4.88 Å². The number of hydrogen-bond donors (Lipinski definition) is 2. The van der Waals surface area contributed by atoms with Gasteiger partial charge in [0.15, 0.2) is 0 Å². The molecule has 1 aromatic heterocycles. The number of urea groups is 1. The first-order valence-electron chi connectivity index (χ1n) is 3.43. The van der Waals surface area contributed by atoms with Crippen molar-refractivity contribution in [2.45, 2.75) is 6.54 Å². The molecule has 0 bridgehead atoms. The predicted molar refractivity (Wildman–Crippen MR) is 46.1 cm³/mol. The average Bonchev–Trinajstić information content (AvgIpc) is 2.51. The quantitative estimate of drug-likeness (QED) is 0.540. The summed E-state index contributed by atoms with van der Waals surface area (Å²) in [6.45, 7) is 0.460. The number of carbonyl (C=O) groups excluding carboxylic acids is 1. The van der Waals surface area contributed by atoms with Crippen LogP contribution in [0, 0.1) is 0 Å². The van der Waals surface area contributed by atoms with Crippen LogP contribution in [0.4, 0.5) is 4.79 Å². The first kappa shape index (κ1) is 9.02. The van der Waals surface area contributed by atoms with Gasteiger partial charge in [0, 0.05) is 11.9 Å². The van der Waals surface area contributed by atoms with E-state index in [9.17, 15) is 4.79 Å². The Labute approximate surface area is 74.4 Å². The molecule has 1 heterocycles. The van der Waals surface area contributed by atoms with Crippen molar-refractivity contribution < 1.29 is 10.0 Å². The zero-order valence-electron chi connectivity index (χ0n) is 6.65. The molecule has 0 aliphatic heterocycles. The van der Waals surface area contributed by atoms with E-state index in [1.165, 1.54) is 7.05 Å². The first-order chi connectivity index (χ1) is 5.70. The maximum Gasteiger partial charge on any atom is 0.341 e. The molecule has 2 N–H and O–H groups in total. The van der Waals surface area contributed by atoms with Crippen LogP contribution in [0.5, 0.6) is 0 Å². The molecular formula is C7H10N2O2S. The lowest BCUT2D eigenvalue weighted by molar-refractivity contribution is -0.0184. The topological polar surface area (TPSA) is 52.6 Å². The second-order valence-electron chi connectivity index (χ2n) is 2.26. The molecule has 1 aromatic rings. The molecule has 0 aliphatic carbocycles. The lowest BCUT2D eigenvalue weighted by atomic mass is 10.5. The van der Waals surface area contributed by atoms with Crippen LogP contribution in [0.15, 0.2) is 17.5 Å². The van der Waals surface area contributed by atoms with E-state index in [1.54, 1.807) is 11.3 Å². The van der Waals surface area contributed by atoms with Crippen molar-refractivity contribution in [1.82, 2.24) is 10.4 Å². The van der Waals surface area contributed by atoms with Crippen molar-refractivity contribution >= 4 is 17.4 Å². The van der Waals surface area contributed by atoms with Crippen LogP contribution >= 0.6 is 11.3 Å². The minimum absolute atomic E-state index is 0.460. The van der Waals surface area contributed by atoms with Crippen LogP contribution in [-0.2, 0) is 6.54 Å². The maximum atomic E-state index is 10.8. The van der Waals surface area contributed by atoms with Gasteiger partial charge < -0.3 is 5.32 Å². The largest absolute Gasteiger partial charge is 0.341 e. The molecule has 0 spiro atoms. The zero-order chi connectivity index (χ0) is 8.97. The molecule has 0 radical (unpaired) electrons. The number of rotatable bonds is 2. The van der Waals surface area contributed by atoms with E-state index in [4.69, 9.17) is 5.21 Å². The molecule has 0 saturated carbocycles. The summed E-state index contributed by atoms with van der Waals surface area (Å²) in [4.78, 5) is 11.9. The highest BCUT2D eigenvalue weighted by Crippen LogP contribution is 2.07. The van der Waals surface area contributed by atoms with Gasteiger partial charge in [0.05, 0.1) is 6.54 Å². The average molecular weight is 186 g/mol. The normalized spacial score (nSPS) is 9.50. The molecule has 1 rings (SSSR count). The molecule has 12 heavy (non-hydrogen) atoms.